The second-order valence-corrected chi connectivity index (χ2v) is 14.9. The van der Waals surface area contributed by atoms with Gasteiger partial charge in [-0.15, -0.1) is 0 Å². The number of hydrogen-bond acceptors (Lipinski definition) is 8. The Kier molecular flexibility index (Phi) is 11.7. The summed E-state index contributed by atoms with van der Waals surface area (Å²) in [6.07, 6.45) is 6.03. The summed E-state index contributed by atoms with van der Waals surface area (Å²) < 4.78 is 9.68. The van der Waals surface area contributed by atoms with Crippen LogP contribution in [0, 0.1) is 17.8 Å². The second-order valence-electron chi connectivity index (χ2n) is 14.9. The van der Waals surface area contributed by atoms with Crippen molar-refractivity contribution in [2.24, 2.45) is 5.92 Å². The van der Waals surface area contributed by atoms with E-state index in [1.807, 2.05) is 73.3 Å². The highest BCUT2D eigenvalue weighted by Gasteiger charge is 2.38. The minimum atomic E-state index is -0.695. The Labute approximate surface area is 331 Å². The SMILES string of the molecule is COC(=O)C[C@@H](C(=O)N1CCC[C@H]1c1ncc(C#Cc2ccc3cc(-c4cnc([C@@H]5CCCN5C(=O)[C@@H](NC(=O)OC)C(C)C)[nH]4)ccc3c2)[nH]1)c1ccccc1. The molecule has 7 rings (SSSR count). The number of benzene rings is 3. The fourth-order valence-electron chi connectivity index (χ4n) is 7.84. The van der Waals surface area contributed by atoms with E-state index in [0.29, 0.717) is 30.4 Å². The number of nitrogens with zero attached hydrogens (tertiary/aromatic N) is 4. The predicted molar refractivity (Wildman–Crippen MR) is 213 cm³/mol. The third kappa shape index (κ3) is 8.55. The summed E-state index contributed by atoms with van der Waals surface area (Å²) in [5.41, 5.74) is 4.08. The third-order valence-corrected chi connectivity index (χ3v) is 10.9. The molecule has 0 unspecified atom stereocenters. The lowest BCUT2D eigenvalue weighted by molar-refractivity contribution is -0.145. The summed E-state index contributed by atoms with van der Waals surface area (Å²) in [4.78, 5) is 71.4. The molecule has 4 heterocycles. The molecule has 0 saturated carbocycles. The molecule has 3 N–H and O–H groups in total. The molecule has 3 aromatic carbocycles. The first kappa shape index (κ1) is 38.8. The summed E-state index contributed by atoms with van der Waals surface area (Å²) in [5.74, 6) is 6.38. The first-order valence-corrected chi connectivity index (χ1v) is 19.4. The number of aromatic amines is 2. The van der Waals surface area contributed by atoms with Crippen molar-refractivity contribution in [3.8, 4) is 23.1 Å². The molecule has 57 heavy (non-hydrogen) atoms. The van der Waals surface area contributed by atoms with Crippen molar-refractivity contribution in [2.75, 3.05) is 27.3 Å². The molecule has 2 saturated heterocycles. The maximum atomic E-state index is 13.9. The zero-order valence-electron chi connectivity index (χ0n) is 32.6. The van der Waals surface area contributed by atoms with Crippen molar-refractivity contribution in [1.29, 1.82) is 0 Å². The fourth-order valence-corrected chi connectivity index (χ4v) is 7.84. The molecular weight excluding hydrogens is 723 g/mol. The summed E-state index contributed by atoms with van der Waals surface area (Å²) in [7, 11) is 2.62. The summed E-state index contributed by atoms with van der Waals surface area (Å²) in [6, 6.07) is 20.4. The Morgan fingerprint density at radius 2 is 1.47 bits per heavy atom. The molecule has 3 amide bonds. The van der Waals surface area contributed by atoms with E-state index in [1.54, 1.807) is 17.3 Å². The molecule has 2 aromatic heterocycles. The Bertz CT molecular complexity index is 2320. The maximum absolute atomic E-state index is 13.9. The third-order valence-electron chi connectivity index (χ3n) is 10.9. The smallest absolute Gasteiger partial charge is 0.407 e. The van der Waals surface area contributed by atoms with Gasteiger partial charge in [0.2, 0.25) is 11.8 Å². The van der Waals surface area contributed by atoms with Crippen LogP contribution >= 0.6 is 0 Å². The van der Waals surface area contributed by atoms with Crippen LogP contribution in [0.5, 0.6) is 0 Å². The van der Waals surface area contributed by atoms with E-state index < -0.39 is 24.0 Å². The van der Waals surface area contributed by atoms with Gasteiger partial charge in [-0.05, 0) is 72.1 Å². The van der Waals surface area contributed by atoms with Gasteiger partial charge in [-0.3, -0.25) is 14.4 Å². The van der Waals surface area contributed by atoms with E-state index in [1.165, 1.54) is 14.2 Å². The van der Waals surface area contributed by atoms with Crippen molar-refractivity contribution >= 4 is 34.6 Å². The lowest BCUT2D eigenvalue weighted by Crippen LogP contribution is -2.51. The number of carbonyl (C=O) groups excluding carboxylic acids is 4. The number of aromatic nitrogens is 4. The monoisotopic (exact) mass is 769 g/mol. The number of alkyl carbamates (subject to hydrolysis) is 1. The Balaban J connectivity index is 1.03. The van der Waals surface area contributed by atoms with Gasteiger partial charge in [-0.2, -0.15) is 0 Å². The van der Waals surface area contributed by atoms with E-state index in [-0.39, 0.29) is 36.2 Å². The van der Waals surface area contributed by atoms with Gasteiger partial charge in [-0.1, -0.05) is 68.3 Å². The van der Waals surface area contributed by atoms with E-state index >= 15 is 0 Å². The maximum Gasteiger partial charge on any atom is 0.407 e. The fraction of sp³-hybridized carbons (Fsp3) is 0.364. The van der Waals surface area contributed by atoms with Crippen LogP contribution in [0.3, 0.4) is 0 Å². The van der Waals surface area contributed by atoms with Crippen molar-refractivity contribution in [1.82, 2.24) is 35.1 Å². The standard InChI is InChI=1S/C44H47N7O6/c1-27(2)39(49-44(55)57-4)43(54)51-21-9-13-37(51)41-46-26-35(48-41)32-18-17-30-22-28(14-16-31(30)23-32)15-19-33-25-45-40(47-33)36-12-8-20-50(36)42(53)34(24-38(52)56-3)29-10-6-5-7-11-29/h5-7,10-11,14,16-18,22-23,25-27,34,36-37,39H,8-9,12-13,20-21,24H2,1-4H3,(H,45,47)(H,46,48)(H,49,55)/t34-,36+,37+,39+/m1/s1. The molecule has 0 spiro atoms. The quantitative estimate of drug-likeness (QED) is 0.109. The van der Waals surface area contributed by atoms with Crippen molar-refractivity contribution < 1.29 is 28.7 Å². The van der Waals surface area contributed by atoms with Crippen molar-refractivity contribution in [3.05, 3.63) is 108 Å². The molecule has 2 aliphatic rings. The highest BCUT2D eigenvalue weighted by atomic mass is 16.5. The number of methoxy groups -OCH3 is 2. The average molecular weight is 770 g/mol. The lowest BCUT2D eigenvalue weighted by atomic mass is 9.94. The van der Waals surface area contributed by atoms with E-state index in [0.717, 1.165) is 58.8 Å². The lowest BCUT2D eigenvalue weighted by Gasteiger charge is -2.30. The molecule has 4 atom stereocenters. The van der Waals surface area contributed by atoms with Crippen LogP contribution in [0.1, 0.15) is 92.4 Å². The predicted octanol–water partition coefficient (Wildman–Crippen LogP) is 6.41. The van der Waals surface area contributed by atoms with Crippen LogP contribution in [0.2, 0.25) is 0 Å². The van der Waals surface area contributed by atoms with Crippen molar-refractivity contribution in [2.45, 2.75) is 70.0 Å². The van der Waals surface area contributed by atoms with Gasteiger partial charge in [0.1, 0.15) is 23.4 Å². The van der Waals surface area contributed by atoms with Crippen LogP contribution in [0.25, 0.3) is 22.0 Å². The number of fused-ring (bicyclic) bond motifs is 1. The van der Waals surface area contributed by atoms with Crippen LogP contribution in [-0.4, -0.2) is 87.0 Å². The number of imidazole rings is 2. The molecule has 0 aliphatic carbocycles. The van der Waals surface area contributed by atoms with Crippen LogP contribution in [0.15, 0.2) is 79.1 Å². The molecule has 13 nitrogen and oxygen atoms in total. The molecule has 5 aromatic rings. The second kappa shape index (κ2) is 17.2. The summed E-state index contributed by atoms with van der Waals surface area (Å²) >= 11 is 0. The minimum Gasteiger partial charge on any atom is -0.469 e. The number of hydrogen-bond donors (Lipinski definition) is 3. The van der Waals surface area contributed by atoms with Crippen LogP contribution < -0.4 is 5.32 Å². The minimum absolute atomic E-state index is 0.0316. The number of carbonyl (C=O) groups is 4. The van der Waals surface area contributed by atoms with Gasteiger partial charge in [0.05, 0.1) is 56.7 Å². The zero-order valence-corrected chi connectivity index (χ0v) is 32.6. The molecule has 13 heteroatoms. The van der Waals surface area contributed by atoms with E-state index in [9.17, 15) is 19.2 Å². The van der Waals surface area contributed by atoms with Gasteiger partial charge in [0, 0.05) is 24.2 Å². The number of H-pyrrole nitrogens is 2. The average Bonchev–Trinajstić information content (AvgIpc) is 4.07. The molecule has 2 fully saturated rings. The number of rotatable bonds is 10. The van der Waals surface area contributed by atoms with Gasteiger partial charge in [-0.25, -0.2) is 14.8 Å². The Morgan fingerprint density at radius 3 is 2.18 bits per heavy atom. The normalized spacial score (nSPS) is 17.6. The highest BCUT2D eigenvalue weighted by Crippen LogP contribution is 2.36. The zero-order chi connectivity index (χ0) is 40.1. The highest BCUT2D eigenvalue weighted by molar-refractivity contribution is 5.90. The van der Waals surface area contributed by atoms with Gasteiger partial charge >= 0.3 is 12.1 Å². The van der Waals surface area contributed by atoms with Gasteiger partial charge < -0.3 is 34.6 Å². The summed E-state index contributed by atoms with van der Waals surface area (Å²) in [6.45, 7) is 4.96. The largest absolute Gasteiger partial charge is 0.469 e. The number of esters is 1. The van der Waals surface area contributed by atoms with Crippen LogP contribution in [0.4, 0.5) is 4.79 Å². The number of likely N-dealkylation sites (tertiary alicyclic amines) is 2. The molecule has 0 radical (unpaired) electrons. The number of ether oxygens (including phenoxy) is 2. The van der Waals surface area contributed by atoms with Crippen molar-refractivity contribution in [3.63, 3.8) is 0 Å². The molecule has 2 aliphatic heterocycles. The van der Waals surface area contributed by atoms with E-state index in [4.69, 9.17) is 9.47 Å². The first-order valence-electron chi connectivity index (χ1n) is 19.4. The van der Waals surface area contributed by atoms with Gasteiger partial charge in [0.25, 0.3) is 0 Å². The summed E-state index contributed by atoms with van der Waals surface area (Å²) in [5, 5.41) is 4.76. The number of nitrogens with one attached hydrogen (secondary N) is 3. The van der Waals surface area contributed by atoms with Crippen LogP contribution in [-0.2, 0) is 23.9 Å². The molecular formula is C44H47N7O6. The van der Waals surface area contributed by atoms with Gasteiger partial charge in [0.15, 0.2) is 0 Å². The molecule has 0 bridgehead atoms. The topological polar surface area (TPSA) is 163 Å². The Hall–Kier alpha value is -6.42. The number of amides is 3. The first-order chi connectivity index (χ1) is 27.6. The molecule has 294 valence electrons. The Morgan fingerprint density at radius 1 is 0.807 bits per heavy atom. The van der Waals surface area contributed by atoms with E-state index in [2.05, 4.69) is 49.2 Å².